The van der Waals surface area contributed by atoms with E-state index < -0.39 is 5.60 Å². The zero-order valence-electron chi connectivity index (χ0n) is 19.6. The van der Waals surface area contributed by atoms with Crippen molar-refractivity contribution in [2.45, 2.75) is 78.1 Å². The van der Waals surface area contributed by atoms with E-state index >= 15 is 0 Å². The molecule has 3 aliphatic rings. The standard InChI is InChI=1S/C23H41N3O4/c1-17-14-24(15-18(2)29-17)16-19-6-10-25(11-7-19)21(27)20-8-12-26(13-9-20)22(28)30-23(3,4)5/h17-20H,6-16H2,1-5H3. The van der Waals surface area contributed by atoms with Gasteiger partial charge in [0.25, 0.3) is 0 Å². The molecule has 0 aromatic rings. The molecule has 3 fully saturated rings. The number of ether oxygens (including phenoxy) is 2. The van der Waals surface area contributed by atoms with E-state index in [1.54, 1.807) is 4.90 Å². The first kappa shape index (κ1) is 23.3. The summed E-state index contributed by atoms with van der Waals surface area (Å²) in [7, 11) is 0. The second-order valence-corrected chi connectivity index (χ2v) is 10.5. The predicted molar refractivity (Wildman–Crippen MR) is 116 cm³/mol. The van der Waals surface area contributed by atoms with Crippen molar-refractivity contribution < 1.29 is 19.1 Å². The lowest BCUT2D eigenvalue weighted by Gasteiger charge is -2.40. The lowest BCUT2D eigenvalue weighted by Crippen LogP contribution is -2.50. The van der Waals surface area contributed by atoms with Gasteiger partial charge in [0.05, 0.1) is 12.2 Å². The van der Waals surface area contributed by atoms with E-state index in [1.807, 2.05) is 20.8 Å². The Labute approximate surface area is 182 Å². The number of nitrogens with zero attached hydrogens (tertiary/aromatic N) is 3. The van der Waals surface area contributed by atoms with Crippen molar-refractivity contribution >= 4 is 12.0 Å². The van der Waals surface area contributed by atoms with Crippen LogP contribution in [0.15, 0.2) is 0 Å². The molecule has 3 heterocycles. The van der Waals surface area contributed by atoms with Gasteiger partial charge in [-0.2, -0.15) is 0 Å². The summed E-state index contributed by atoms with van der Waals surface area (Å²) in [6.07, 6.45) is 4.00. The summed E-state index contributed by atoms with van der Waals surface area (Å²) in [6, 6.07) is 0. The Kier molecular flexibility index (Phi) is 7.66. The third-order valence-electron chi connectivity index (χ3n) is 6.43. The lowest BCUT2D eigenvalue weighted by atomic mass is 9.91. The van der Waals surface area contributed by atoms with E-state index in [9.17, 15) is 9.59 Å². The van der Waals surface area contributed by atoms with Crippen LogP contribution < -0.4 is 0 Å². The SMILES string of the molecule is CC1CN(CC2CCN(C(=O)C3CCN(C(=O)OC(C)(C)C)CC3)CC2)CC(C)O1. The van der Waals surface area contributed by atoms with Crippen LogP contribution in [-0.2, 0) is 14.3 Å². The molecule has 0 spiro atoms. The highest BCUT2D eigenvalue weighted by Crippen LogP contribution is 2.26. The molecule has 30 heavy (non-hydrogen) atoms. The summed E-state index contributed by atoms with van der Waals surface area (Å²) in [4.78, 5) is 31.6. The number of amides is 2. The largest absolute Gasteiger partial charge is 0.444 e. The highest BCUT2D eigenvalue weighted by molar-refractivity contribution is 5.79. The number of hydrogen-bond donors (Lipinski definition) is 0. The van der Waals surface area contributed by atoms with Crippen LogP contribution in [0.1, 0.15) is 60.3 Å². The Balaban J connectivity index is 1.39. The van der Waals surface area contributed by atoms with Gasteiger partial charge in [-0.25, -0.2) is 4.79 Å². The number of carbonyl (C=O) groups excluding carboxylic acids is 2. The maximum Gasteiger partial charge on any atom is 0.410 e. The van der Waals surface area contributed by atoms with Gasteiger partial charge < -0.3 is 19.3 Å². The van der Waals surface area contributed by atoms with Crippen LogP contribution in [-0.4, -0.2) is 90.3 Å². The van der Waals surface area contributed by atoms with Crippen LogP contribution in [0.3, 0.4) is 0 Å². The molecule has 2 atom stereocenters. The van der Waals surface area contributed by atoms with Crippen molar-refractivity contribution in [3.05, 3.63) is 0 Å². The molecular formula is C23H41N3O4. The highest BCUT2D eigenvalue weighted by Gasteiger charge is 2.34. The topological polar surface area (TPSA) is 62.3 Å². The van der Waals surface area contributed by atoms with Crippen LogP contribution in [0, 0.1) is 11.8 Å². The first-order valence-electron chi connectivity index (χ1n) is 11.7. The quantitative estimate of drug-likeness (QED) is 0.698. The summed E-state index contributed by atoms with van der Waals surface area (Å²) >= 11 is 0. The number of carbonyl (C=O) groups is 2. The molecule has 0 aromatic heterocycles. The molecule has 0 saturated carbocycles. The number of piperidine rings is 2. The van der Waals surface area contributed by atoms with Gasteiger partial charge in [-0.1, -0.05) is 0 Å². The highest BCUT2D eigenvalue weighted by atomic mass is 16.6. The molecule has 172 valence electrons. The van der Waals surface area contributed by atoms with E-state index in [2.05, 4.69) is 23.6 Å². The van der Waals surface area contributed by atoms with Gasteiger partial charge in [0.1, 0.15) is 5.60 Å². The molecule has 7 heteroatoms. The van der Waals surface area contributed by atoms with Crippen molar-refractivity contribution in [1.29, 1.82) is 0 Å². The zero-order chi connectivity index (χ0) is 21.9. The van der Waals surface area contributed by atoms with Gasteiger partial charge >= 0.3 is 6.09 Å². The Morgan fingerprint density at radius 1 is 0.900 bits per heavy atom. The maximum atomic E-state index is 13.0. The van der Waals surface area contributed by atoms with Crippen molar-refractivity contribution in [2.24, 2.45) is 11.8 Å². The van der Waals surface area contributed by atoms with Gasteiger partial charge in [-0.3, -0.25) is 9.69 Å². The molecule has 0 aromatic carbocycles. The minimum atomic E-state index is -0.481. The van der Waals surface area contributed by atoms with Crippen LogP contribution in [0.25, 0.3) is 0 Å². The molecule has 3 aliphatic heterocycles. The average Bonchev–Trinajstić information content (AvgIpc) is 2.66. The minimum absolute atomic E-state index is 0.0428. The van der Waals surface area contributed by atoms with Gasteiger partial charge in [0.2, 0.25) is 5.91 Å². The zero-order valence-corrected chi connectivity index (χ0v) is 19.6. The fourth-order valence-electron chi connectivity index (χ4n) is 5.03. The van der Waals surface area contributed by atoms with Crippen molar-refractivity contribution in [3.63, 3.8) is 0 Å². The summed E-state index contributed by atoms with van der Waals surface area (Å²) in [5.74, 6) is 0.993. The normalized spacial score (nSPS) is 27.9. The Bertz CT molecular complexity index is 580. The fourth-order valence-corrected chi connectivity index (χ4v) is 5.03. The molecule has 3 rings (SSSR count). The van der Waals surface area contributed by atoms with Gasteiger partial charge in [0.15, 0.2) is 0 Å². The second kappa shape index (κ2) is 9.86. The Hall–Kier alpha value is -1.34. The molecule has 7 nitrogen and oxygen atoms in total. The monoisotopic (exact) mass is 423 g/mol. The number of morpholine rings is 1. The van der Waals surface area contributed by atoms with Gasteiger partial charge in [-0.05, 0) is 66.2 Å². The van der Waals surface area contributed by atoms with Crippen LogP contribution in [0.5, 0.6) is 0 Å². The summed E-state index contributed by atoms with van der Waals surface area (Å²) in [6.45, 7) is 16.0. The third kappa shape index (κ3) is 6.58. The Morgan fingerprint density at radius 2 is 1.43 bits per heavy atom. The molecule has 3 saturated heterocycles. The minimum Gasteiger partial charge on any atom is -0.444 e. The summed E-state index contributed by atoms with van der Waals surface area (Å²) in [5.41, 5.74) is -0.481. The van der Waals surface area contributed by atoms with E-state index in [-0.39, 0.29) is 17.9 Å². The number of hydrogen-bond acceptors (Lipinski definition) is 5. The number of rotatable bonds is 3. The molecular weight excluding hydrogens is 382 g/mol. The summed E-state index contributed by atoms with van der Waals surface area (Å²) in [5, 5.41) is 0. The molecule has 0 radical (unpaired) electrons. The van der Waals surface area contributed by atoms with Crippen molar-refractivity contribution in [1.82, 2.24) is 14.7 Å². The van der Waals surface area contributed by atoms with E-state index in [0.29, 0.717) is 31.2 Å². The molecule has 2 amide bonds. The predicted octanol–water partition coefficient (Wildman–Crippen LogP) is 2.98. The fraction of sp³-hybridized carbons (Fsp3) is 0.913. The smallest absolute Gasteiger partial charge is 0.410 e. The van der Waals surface area contributed by atoms with Crippen molar-refractivity contribution in [3.8, 4) is 0 Å². The van der Waals surface area contributed by atoms with Crippen LogP contribution in [0.2, 0.25) is 0 Å². The molecule has 0 bridgehead atoms. The van der Waals surface area contributed by atoms with Crippen LogP contribution in [0.4, 0.5) is 4.79 Å². The van der Waals surface area contributed by atoms with E-state index in [4.69, 9.17) is 9.47 Å². The average molecular weight is 424 g/mol. The van der Waals surface area contributed by atoms with Gasteiger partial charge in [0, 0.05) is 51.7 Å². The van der Waals surface area contributed by atoms with Crippen molar-refractivity contribution in [2.75, 3.05) is 45.8 Å². The summed E-state index contributed by atoms with van der Waals surface area (Å²) < 4.78 is 11.3. The molecule has 0 N–H and O–H groups in total. The van der Waals surface area contributed by atoms with E-state index in [1.165, 1.54) is 0 Å². The Morgan fingerprint density at radius 3 is 1.97 bits per heavy atom. The maximum absolute atomic E-state index is 13.0. The second-order valence-electron chi connectivity index (χ2n) is 10.5. The lowest BCUT2D eigenvalue weighted by molar-refractivity contribution is -0.138. The number of likely N-dealkylation sites (tertiary alicyclic amines) is 2. The van der Waals surface area contributed by atoms with Crippen LogP contribution >= 0.6 is 0 Å². The third-order valence-corrected chi connectivity index (χ3v) is 6.43. The van der Waals surface area contributed by atoms with E-state index in [0.717, 1.165) is 58.4 Å². The first-order chi connectivity index (χ1) is 14.1. The molecule has 0 aliphatic carbocycles. The van der Waals surface area contributed by atoms with Gasteiger partial charge in [-0.15, -0.1) is 0 Å². The first-order valence-corrected chi connectivity index (χ1v) is 11.7. The molecule has 2 unspecified atom stereocenters.